The van der Waals surface area contributed by atoms with Crippen LogP contribution in [0.3, 0.4) is 0 Å². The maximum atomic E-state index is 11.5. The zero-order valence-corrected chi connectivity index (χ0v) is 8.77. The second-order valence-corrected chi connectivity index (χ2v) is 3.36. The summed E-state index contributed by atoms with van der Waals surface area (Å²) < 4.78 is 4.69. The molecule has 2 aromatic rings. The van der Waals surface area contributed by atoms with Crippen LogP contribution in [-0.4, -0.2) is 19.4 Å². The Labute approximate surface area is 92.6 Å². The maximum absolute atomic E-state index is 11.5. The maximum Gasteiger partial charge on any atom is 0.338 e. The lowest BCUT2D eigenvalue weighted by atomic mass is 10.0. The van der Waals surface area contributed by atoms with Gasteiger partial charge in [0.25, 0.3) is 0 Å². The van der Waals surface area contributed by atoms with Crippen LogP contribution < -0.4 is 0 Å². The van der Waals surface area contributed by atoms with Crippen molar-refractivity contribution in [2.45, 2.75) is 0 Å². The standard InChI is InChI=1S/C13H10O3/c1-16-13(15)12-7-3-5-10-9(8-14)4-2-6-11(10)12/h2-8H,1H3. The SMILES string of the molecule is COC(=O)c1cccc2c(C=O)cccc12. The van der Waals surface area contributed by atoms with E-state index in [0.29, 0.717) is 11.1 Å². The predicted molar refractivity (Wildman–Crippen MR) is 60.7 cm³/mol. The predicted octanol–water partition coefficient (Wildman–Crippen LogP) is 2.44. The van der Waals surface area contributed by atoms with E-state index in [2.05, 4.69) is 0 Å². The van der Waals surface area contributed by atoms with Crippen LogP contribution in [0.25, 0.3) is 10.8 Å². The molecular formula is C13H10O3. The molecule has 3 nitrogen and oxygen atoms in total. The second kappa shape index (κ2) is 4.14. The normalized spacial score (nSPS) is 10.1. The van der Waals surface area contributed by atoms with E-state index >= 15 is 0 Å². The van der Waals surface area contributed by atoms with Crippen LogP contribution in [0.1, 0.15) is 20.7 Å². The Kier molecular flexibility index (Phi) is 2.68. The molecule has 80 valence electrons. The molecular weight excluding hydrogens is 204 g/mol. The molecule has 0 saturated heterocycles. The molecule has 16 heavy (non-hydrogen) atoms. The fourth-order valence-electron chi connectivity index (χ4n) is 1.72. The summed E-state index contributed by atoms with van der Waals surface area (Å²) in [6.45, 7) is 0. The molecule has 0 spiro atoms. The smallest absolute Gasteiger partial charge is 0.338 e. The summed E-state index contributed by atoms with van der Waals surface area (Å²) in [5.41, 5.74) is 1.05. The Bertz CT molecular complexity index is 558. The van der Waals surface area contributed by atoms with Gasteiger partial charge in [-0.2, -0.15) is 0 Å². The van der Waals surface area contributed by atoms with Gasteiger partial charge in [-0.05, 0) is 16.8 Å². The monoisotopic (exact) mass is 214 g/mol. The van der Waals surface area contributed by atoms with E-state index in [4.69, 9.17) is 4.74 Å². The van der Waals surface area contributed by atoms with Gasteiger partial charge in [0, 0.05) is 5.56 Å². The minimum absolute atomic E-state index is 0.395. The number of aldehydes is 1. The molecule has 0 bridgehead atoms. The second-order valence-electron chi connectivity index (χ2n) is 3.36. The van der Waals surface area contributed by atoms with Gasteiger partial charge in [-0.25, -0.2) is 4.79 Å². The van der Waals surface area contributed by atoms with Gasteiger partial charge in [0.2, 0.25) is 0 Å². The van der Waals surface area contributed by atoms with Crippen LogP contribution in [0.15, 0.2) is 36.4 Å². The highest BCUT2D eigenvalue weighted by Crippen LogP contribution is 2.22. The number of benzene rings is 2. The van der Waals surface area contributed by atoms with Crippen molar-refractivity contribution in [3.05, 3.63) is 47.5 Å². The highest BCUT2D eigenvalue weighted by Gasteiger charge is 2.10. The lowest BCUT2D eigenvalue weighted by Crippen LogP contribution is -2.02. The Morgan fingerprint density at radius 3 is 2.50 bits per heavy atom. The largest absolute Gasteiger partial charge is 0.465 e. The van der Waals surface area contributed by atoms with Gasteiger partial charge in [0.15, 0.2) is 6.29 Å². The summed E-state index contributed by atoms with van der Waals surface area (Å²) >= 11 is 0. The molecule has 3 heteroatoms. The first-order valence-corrected chi connectivity index (χ1v) is 4.83. The zero-order valence-electron chi connectivity index (χ0n) is 8.77. The Morgan fingerprint density at radius 2 is 1.81 bits per heavy atom. The molecule has 0 atom stereocenters. The van der Waals surface area contributed by atoms with E-state index in [-0.39, 0.29) is 0 Å². The van der Waals surface area contributed by atoms with E-state index < -0.39 is 5.97 Å². The minimum Gasteiger partial charge on any atom is -0.465 e. The Hall–Kier alpha value is -2.16. The van der Waals surface area contributed by atoms with E-state index in [1.54, 1.807) is 30.3 Å². The molecule has 0 aliphatic rings. The quantitative estimate of drug-likeness (QED) is 0.569. The third-order valence-electron chi connectivity index (χ3n) is 2.49. The summed E-state index contributed by atoms with van der Waals surface area (Å²) in [6.07, 6.45) is 0.781. The Morgan fingerprint density at radius 1 is 1.12 bits per heavy atom. The topological polar surface area (TPSA) is 43.4 Å². The van der Waals surface area contributed by atoms with Crippen molar-refractivity contribution in [1.29, 1.82) is 0 Å². The number of rotatable bonds is 2. The summed E-state index contributed by atoms with van der Waals surface area (Å²) in [5.74, 6) is -0.395. The number of ether oxygens (including phenoxy) is 1. The van der Waals surface area contributed by atoms with Crippen molar-refractivity contribution in [1.82, 2.24) is 0 Å². The molecule has 2 aromatic carbocycles. The van der Waals surface area contributed by atoms with Crippen molar-refractivity contribution in [2.75, 3.05) is 7.11 Å². The Balaban J connectivity index is 2.78. The van der Waals surface area contributed by atoms with E-state index in [1.807, 2.05) is 6.07 Å². The number of methoxy groups -OCH3 is 1. The number of carbonyl (C=O) groups is 2. The lowest BCUT2D eigenvalue weighted by molar-refractivity contribution is 0.0603. The van der Waals surface area contributed by atoms with Crippen LogP contribution in [-0.2, 0) is 4.74 Å². The van der Waals surface area contributed by atoms with Crippen molar-refractivity contribution in [3.8, 4) is 0 Å². The first kappa shape index (κ1) is 10.4. The molecule has 0 aliphatic heterocycles. The molecule has 0 aliphatic carbocycles. The molecule has 0 radical (unpaired) electrons. The molecule has 0 fully saturated rings. The molecule has 0 N–H and O–H groups in total. The van der Waals surface area contributed by atoms with E-state index in [1.165, 1.54) is 7.11 Å². The average Bonchev–Trinajstić information content (AvgIpc) is 2.36. The number of hydrogen-bond donors (Lipinski definition) is 0. The third kappa shape index (κ3) is 1.56. The van der Waals surface area contributed by atoms with Crippen molar-refractivity contribution in [2.24, 2.45) is 0 Å². The van der Waals surface area contributed by atoms with Crippen molar-refractivity contribution in [3.63, 3.8) is 0 Å². The van der Waals surface area contributed by atoms with Crippen LogP contribution in [0.5, 0.6) is 0 Å². The molecule has 0 saturated carbocycles. The van der Waals surface area contributed by atoms with Crippen LogP contribution >= 0.6 is 0 Å². The van der Waals surface area contributed by atoms with Crippen molar-refractivity contribution < 1.29 is 14.3 Å². The van der Waals surface area contributed by atoms with E-state index in [0.717, 1.165) is 17.1 Å². The van der Waals surface area contributed by atoms with Gasteiger partial charge < -0.3 is 4.74 Å². The van der Waals surface area contributed by atoms with Gasteiger partial charge in [0.05, 0.1) is 12.7 Å². The minimum atomic E-state index is -0.395. The fraction of sp³-hybridized carbons (Fsp3) is 0.0769. The molecule has 0 aromatic heterocycles. The number of esters is 1. The molecule has 0 unspecified atom stereocenters. The summed E-state index contributed by atoms with van der Waals surface area (Å²) in [5, 5.41) is 1.50. The van der Waals surface area contributed by atoms with Crippen LogP contribution in [0, 0.1) is 0 Å². The molecule has 0 heterocycles. The lowest BCUT2D eigenvalue weighted by Gasteiger charge is -2.05. The first-order chi connectivity index (χ1) is 7.77. The van der Waals surface area contributed by atoms with Crippen LogP contribution in [0.4, 0.5) is 0 Å². The third-order valence-corrected chi connectivity index (χ3v) is 2.49. The summed E-state index contributed by atoms with van der Waals surface area (Å²) in [7, 11) is 1.34. The van der Waals surface area contributed by atoms with Gasteiger partial charge in [-0.15, -0.1) is 0 Å². The molecule has 2 rings (SSSR count). The van der Waals surface area contributed by atoms with Crippen LogP contribution in [0.2, 0.25) is 0 Å². The number of carbonyl (C=O) groups excluding carboxylic acids is 2. The highest BCUT2D eigenvalue weighted by atomic mass is 16.5. The summed E-state index contributed by atoms with van der Waals surface area (Å²) in [6, 6.07) is 10.5. The highest BCUT2D eigenvalue weighted by molar-refractivity contribution is 6.08. The van der Waals surface area contributed by atoms with Gasteiger partial charge in [-0.1, -0.05) is 30.3 Å². The van der Waals surface area contributed by atoms with E-state index in [9.17, 15) is 9.59 Å². The molecule has 0 amide bonds. The summed E-state index contributed by atoms with van der Waals surface area (Å²) in [4.78, 5) is 22.4. The van der Waals surface area contributed by atoms with Gasteiger partial charge in [0.1, 0.15) is 0 Å². The van der Waals surface area contributed by atoms with Crippen molar-refractivity contribution >= 4 is 23.0 Å². The number of fused-ring (bicyclic) bond motifs is 1. The van der Waals surface area contributed by atoms with Gasteiger partial charge in [-0.3, -0.25) is 4.79 Å². The first-order valence-electron chi connectivity index (χ1n) is 4.83. The fourth-order valence-corrected chi connectivity index (χ4v) is 1.72. The average molecular weight is 214 g/mol. The van der Waals surface area contributed by atoms with Gasteiger partial charge >= 0.3 is 5.97 Å². The number of hydrogen-bond acceptors (Lipinski definition) is 3. The zero-order chi connectivity index (χ0) is 11.5.